The first-order valence-corrected chi connectivity index (χ1v) is 5.72. The monoisotopic (exact) mass is 233 g/mol. The van der Waals surface area contributed by atoms with Crippen LogP contribution < -0.4 is 0 Å². The molecule has 0 saturated carbocycles. The van der Waals surface area contributed by atoms with Gasteiger partial charge in [0.25, 0.3) is 0 Å². The number of carbonyl (C=O) groups is 1. The van der Waals surface area contributed by atoms with Gasteiger partial charge in [-0.3, -0.25) is 4.99 Å². The van der Waals surface area contributed by atoms with Crippen molar-refractivity contribution < 1.29 is 9.53 Å². The fourth-order valence-corrected chi connectivity index (χ4v) is 1.44. The van der Waals surface area contributed by atoms with Gasteiger partial charge in [0, 0.05) is 6.21 Å². The first-order valence-electron chi connectivity index (χ1n) is 5.72. The Hall–Kier alpha value is -1.64. The van der Waals surface area contributed by atoms with Crippen molar-refractivity contribution >= 4 is 12.2 Å². The van der Waals surface area contributed by atoms with Crippen LogP contribution in [0.5, 0.6) is 0 Å². The van der Waals surface area contributed by atoms with E-state index in [2.05, 4.69) is 4.99 Å². The highest BCUT2D eigenvalue weighted by molar-refractivity contribution is 5.84. The van der Waals surface area contributed by atoms with E-state index in [-0.39, 0.29) is 11.9 Å². The van der Waals surface area contributed by atoms with Gasteiger partial charge in [-0.05, 0) is 18.4 Å². The number of methoxy groups -OCH3 is 1. The van der Waals surface area contributed by atoms with Crippen LogP contribution in [0.2, 0.25) is 0 Å². The Labute approximate surface area is 103 Å². The molecular formula is C14H19NO2. The van der Waals surface area contributed by atoms with Gasteiger partial charge in [0.1, 0.15) is 6.04 Å². The number of hydrogen-bond donors (Lipinski definition) is 0. The van der Waals surface area contributed by atoms with Gasteiger partial charge >= 0.3 is 5.97 Å². The standard InChI is InChI=1S/C14H19NO2/c1-10(2)13(14(16)17-4)15-9-12-7-5-11(3)6-8-12/h5-10,13H,1-4H3/t13-/m0/s1. The van der Waals surface area contributed by atoms with Crippen molar-refractivity contribution in [3.8, 4) is 0 Å². The first-order chi connectivity index (χ1) is 8.04. The summed E-state index contributed by atoms with van der Waals surface area (Å²) in [5.41, 5.74) is 2.20. The minimum absolute atomic E-state index is 0.129. The number of aliphatic imine (C=N–C) groups is 1. The molecule has 92 valence electrons. The molecule has 1 aromatic rings. The van der Waals surface area contributed by atoms with Gasteiger partial charge in [0.15, 0.2) is 0 Å². The predicted molar refractivity (Wildman–Crippen MR) is 69.4 cm³/mol. The van der Waals surface area contributed by atoms with Gasteiger partial charge in [-0.25, -0.2) is 4.79 Å². The van der Waals surface area contributed by atoms with Gasteiger partial charge in [-0.15, -0.1) is 0 Å². The molecule has 0 fully saturated rings. The van der Waals surface area contributed by atoms with E-state index in [0.29, 0.717) is 0 Å². The highest BCUT2D eigenvalue weighted by Crippen LogP contribution is 2.09. The molecule has 0 saturated heterocycles. The molecule has 1 rings (SSSR count). The third-order valence-corrected chi connectivity index (χ3v) is 2.54. The average Bonchev–Trinajstić information content (AvgIpc) is 2.31. The third kappa shape index (κ3) is 4.02. The van der Waals surface area contributed by atoms with E-state index in [1.165, 1.54) is 12.7 Å². The number of hydrogen-bond acceptors (Lipinski definition) is 3. The lowest BCUT2D eigenvalue weighted by Gasteiger charge is -2.13. The quantitative estimate of drug-likeness (QED) is 0.592. The fourth-order valence-electron chi connectivity index (χ4n) is 1.44. The molecule has 0 aromatic heterocycles. The van der Waals surface area contributed by atoms with Crippen molar-refractivity contribution in [2.24, 2.45) is 10.9 Å². The Bertz CT molecular complexity index is 393. The normalized spacial score (nSPS) is 13.0. The van der Waals surface area contributed by atoms with Gasteiger partial charge in [0.2, 0.25) is 0 Å². The fraction of sp³-hybridized carbons (Fsp3) is 0.429. The molecule has 3 nitrogen and oxygen atoms in total. The average molecular weight is 233 g/mol. The SMILES string of the molecule is COC(=O)[C@@H](N=Cc1ccc(C)cc1)C(C)C. The minimum atomic E-state index is -0.429. The minimum Gasteiger partial charge on any atom is -0.467 e. The van der Waals surface area contributed by atoms with Crippen LogP contribution in [-0.2, 0) is 9.53 Å². The van der Waals surface area contributed by atoms with E-state index in [0.717, 1.165) is 5.56 Å². The number of nitrogens with zero attached hydrogens (tertiary/aromatic N) is 1. The lowest BCUT2D eigenvalue weighted by molar-refractivity contribution is -0.143. The van der Waals surface area contributed by atoms with E-state index in [1.54, 1.807) is 6.21 Å². The van der Waals surface area contributed by atoms with Crippen molar-refractivity contribution in [1.29, 1.82) is 0 Å². The maximum absolute atomic E-state index is 11.5. The largest absolute Gasteiger partial charge is 0.467 e. The number of esters is 1. The van der Waals surface area contributed by atoms with Crippen LogP contribution in [0, 0.1) is 12.8 Å². The van der Waals surface area contributed by atoms with E-state index in [4.69, 9.17) is 4.74 Å². The van der Waals surface area contributed by atoms with Crippen molar-refractivity contribution in [1.82, 2.24) is 0 Å². The zero-order valence-electron chi connectivity index (χ0n) is 10.8. The maximum Gasteiger partial charge on any atom is 0.330 e. The molecule has 0 spiro atoms. The van der Waals surface area contributed by atoms with Crippen LogP contribution in [0.3, 0.4) is 0 Å². The van der Waals surface area contributed by atoms with Crippen LogP contribution in [0.4, 0.5) is 0 Å². The van der Waals surface area contributed by atoms with Gasteiger partial charge in [-0.1, -0.05) is 43.7 Å². The number of benzene rings is 1. The second-order valence-corrected chi connectivity index (χ2v) is 4.40. The Morgan fingerprint density at radius 2 is 1.88 bits per heavy atom. The predicted octanol–water partition coefficient (Wildman–Crippen LogP) is 2.61. The Morgan fingerprint density at radius 3 is 2.35 bits per heavy atom. The molecule has 1 aromatic carbocycles. The molecule has 3 heteroatoms. The number of aryl methyl sites for hydroxylation is 1. The lowest BCUT2D eigenvalue weighted by atomic mass is 10.1. The first kappa shape index (κ1) is 13.4. The molecule has 1 atom stereocenters. The van der Waals surface area contributed by atoms with Crippen molar-refractivity contribution in [3.63, 3.8) is 0 Å². The number of ether oxygens (including phenoxy) is 1. The summed E-state index contributed by atoms with van der Waals surface area (Å²) in [5.74, 6) is -0.160. The highest BCUT2D eigenvalue weighted by Gasteiger charge is 2.20. The smallest absolute Gasteiger partial charge is 0.330 e. The molecule has 0 amide bonds. The second kappa shape index (κ2) is 6.18. The van der Waals surface area contributed by atoms with Crippen LogP contribution >= 0.6 is 0 Å². The molecule has 0 aliphatic rings. The van der Waals surface area contributed by atoms with Crippen molar-refractivity contribution in [3.05, 3.63) is 35.4 Å². The van der Waals surface area contributed by atoms with Crippen LogP contribution in [0.1, 0.15) is 25.0 Å². The summed E-state index contributed by atoms with van der Waals surface area (Å²) in [6.45, 7) is 5.94. The molecule has 0 heterocycles. The molecule has 0 N–H and O–H groups in total. The molecule has 0 aliphatic carbocycles. The summed E-state index contributed by atoms with van der Waals surface area (Å²) < 4.78 is 4.73. The Balaban J connectivity index is 2.79. The zero-order valence-corrected chi connectivity index (χ0v) is 10.8. The Morgan fingerprint density at radius 1 is 1.29 bits per heavy atom. The molecule has 0 unspecified atom stereocenters. The summed E-state index contributed by atoms with van der Waals surface area (Å²) in [5, 5.41) is 0. The summed E-state index contributed by atoms with van der Waals surface area (Å²) in [4.78, 5) is 15.8. The van der Waals surface area contributed by atoms with Gasteiger partial charge in [0.05, 0.1) is 7.11 Å². The van der Waals surface area contributed by atoms with E-state index >= 15 is 0 Å². The molecule has 0 aliphatic heterocycles. The molecule has 0 radical (unpaired) electrons. The second-order valence-electron chi connectivity index (χ2n) is 4.40. The van der Waals surface area contributed by atoms with E-state index in [1.807, 2.05) is 45.0 Å². The number of carbonyl (C=O) groups excluding carboxylic acids is 1. The summed E-state index contributed by atoms with van der Waals surface area (Å²) in [7, 11) is 1.39. The topological polar surface area (TPSA) is 38.7 Å². The van der Waals surface area contributed by atoms with Crippen LogP contribution in [0.15, 0.2) is 29.3 Å². The molecular weight excluding hydrogens is 214 g/mol. The summed E-state index contributed by atoms with van der Waals surface area (Å²) in [6.07, 6.45) is 1.72. The van der Waals surface area contributed by atoms with Crippen LogP contribution in [0.25, 0.3) is 0 Å². The summed E-state index contributed by atoms with van der Waals surface area (Å²) >= 11 is 0. The van der Waals surface area contributed by atoms with Gasteiger partial charge < -0.3 is 4.74 Å². The van der Waals surface area contributed by atoms with E-state index < -0.39 is 6.04 Å². The zero-order chi connectivity index (χ0) is 12.8. The third-order valence-electron chi connectivity index (χ3n) is 2.54. The number of rotatable bonds is 4. The van der Waals surface area contributed by atoms with Crippen molar-refractivity contribution in [2.75, 3.05) is 7.11 Å². The van der Waals surface area contributed by atoms with E-state index in [9.17, 15) is 4.79 Å². The summed E-state index contributed by atoms with van der Waals surface area (Å²) in [6, 6.07) is 7.57. The van der Waals surface area contributed by atoms with Crippen molar-refractivity contribution in [2.45, 2.75) is 26.8 Å². The highest BCUT2D eigenvalue weighted by atomic mass is 16.5. The molecule has 17 heavy (non-hydrogen) atoms. The molecule has 0 bridgehead atoms. The maximum atomic E-state index is 11.5. The lowest BCUT2D eigenvalue weighted by Crippen LogP contribution is -2.25. The van der Waals surface area contributed by atoms with Gasteiger partial charge in [-0.2, -0.15) is 0 Å². The van der Waals surface area contributed by atoms with Crippen LogP contribution in [-0.4, -0.2) is 25.3 Å². The Kier molecular flexibility index (Phi) is 4.88.